The molecule has 0 atom stereocenters. The zero-order valence-electron chi connectivity index (χ0n) is 6.90. The average Bonchev–Trinajstić information content (AvgIpc) is 2.15. The fourth-order valence-electron chi connectivity index (χ4n) is 0.722. The molecule has 0 amide bonds. The minimum atomic E-state index is 0.375. The van der Waals surface area contributed by atoms with Crippen LogP contribution >= 0.6 is 0 Å². The SMILES string of the molecule is COc1ncc(C=CCN)cn1. The van der Waals surface area contributed by atoms with Crippen molar-refractivity contribution < 1.29 is 4.74 Å². The Morgan fingerprint density at radius 3 is 2.67 bits per heavy atom. The molecule has 0 aliphatic carbocycles. The second kappa shape index (κ2) is 4.46. The van der Waals surface area contributed by atoms with Gasteiger partial charge < -0.3 is 10.5 Å². The molecule has 1 aromatic heterocycles. The molecule has 0 aromatic carbocycles. The van der Waals surface area contributed by atoms with Crippen molar-refractivity contribution in [2.45, 2.75) is 0 Å². The maximum Gasteiger partial charge on any atom is 0.316 e. The summed E-state index contributed by atoms with van der Waals surface area (Å²) in [5, 5.41) is 0. The third-order valence-corrected chi connectivity index (χ3v) is 1.28. The second-order valence-corrected chi connectivity index (χ2v) is 2.14. The first-order valence-corrected chi connectivity index (χ1v) is 3.59. The number of rotatable bonds is 3. The van der Waals surface area contributed by atoms with Crippen molar-refractivity contribution in [3.8, 4) is 6.01 Å². The van der Waals surface area contributed by atoms with Gasteiger partial charge in [-0.3, -0.25) is 0 Å². The van der Waals surface area contributed by atoms with Crippen LogP contribution in [-0.4, -0.2) is 23.6 Å². The standard InChI is InChI=1S/C8H11N3O/c1-12-8-10-5-7(6-11-8)3-2-4-9/h2-3,5-6H,4,9H2,1H3. The van der Waals surface area contributed by atoms with E-state index in [-0.39, 0.29) is 0 Å². The van der Waals surface area contributed by atoms with Crippen molar-refractivity contribution in [2.75, 3.05) is 13.7 Å². The van der Waals surface area contributed by atoms with Crippen molar-refractivity contribution in [3.05, 3.63) is 24.0 Å². The molecule has 1 heterocycles. The van der Waals surface area contributed by atoms with Crippen LogP contribution in [0.15, 0.2) is 18.5 Å². The molecular weight excluding hydrogens is 154 g/mol. The molecule has 64 valence electrons. The summed E-state index contributed by atoms with van der Waals surface area (Å²) in [5.74, 6) is 0. The summed E-state index contributed by atoms with van der Waals surface area (Å²) in [4.78, 5) is 7.85. The monoisotopic (exact) mass is 165 g/mol. The fourth-order valence-corrected chi connectivity index (χ4v) is 0.722. The van der Waals surface area contributed by atoms with Gasteiger partial charge in [0.05, 0.1) is 7.11 Å². The highest BCUT2D eigenvalue weighted by atomic mass is 16.5. The summed E-state index contributed by atoms with van der Waals surface area (Å²) >= 11 is 0. The van der Waals surface area contributed by atoms with Gasteiger partial charge in [0.2, 0.25) is 0 Å². The Morgan fingerprint density at radius 1 is 1.50 bits per heavy atom. The number of nitrogens with two attached hydrogens (primary N) is 1. The van der Waals surface area contributed by atoms with E-state index in [4.69, 9.17) is 10.5 Å². The van der Waals surface area contributed by atoms with Gasteiger partial charge in [0.15, 0.2) is 0 Å². The topological polar surface area (TPSA) is 61.0 Å². The normalized spacial score (nSPS) is 10.5. The van der Waals surface area contributed by atoms with Gasteiger partial charge in [0.25, 0.3) is 0 Å². The number of hydrogen-bond acceptors (Lipinski definition) is 4. The molecule has 4 nitrogen and oxygen atoms in total. The minimum Gasteiger partial charge on any atom is -0.467 e. The Labute approximate surface area is 71.1 Å². The molecule has 0 saturated carbocycles. The van der Waals surface area contributed by atoms with Crippen LogP contribution in [0, 0.1) is 0 Å². The second-order valence-electron chi connectivity index (χ2n) is 2.14. The van der Waals surface area contributed by atoms with Gasteiger partial charge in [-0.25, -0.2) is 9.97 Å². The van der Waals surface area contributed by atoms with E-state index in [0.29, 0.717) is 12.6 Å². The summed E-state index contributed by atoms with van der Waals surface area (Å²) in [6.07, 6.45) is 7.06. The Balaban J connectivity index is 2.71. The van der Waals surface area contributed by atoms with Gasteiger partial charge in [0.1, 0.15) is 0 Å². The minimum absolute atomic E-state index is 0.375. The zero-order chi connectivity index (χ0) is 8.81. The maximum atomic E-state index is 5.28. The number of hydrogen-bond donors (Lipinski definition) is 1. The van der Waals surface area contributed by atoms with Gasteiger partial charge in [-0.05, 0) is 0 Å². The third kappa shape index (κ3) is 2.32. The van der Waals surface area contributed by atoms with Crippen LogP contribution in [0.25, 0.3) is 6.08 Å². The highest BCUT2D eigenvalue weighted by Gasteiger charge is 1.91. The van der Waals surface area contributed by atoms with E-state index in [1.807, 2.05) is 12.2 Å². The molecule has 4 heteroatoms. The Morgan fingerprint density at radius 2 is 2.17 bits per heavy atom. The van der Waals surface area contributed by atoms with Crippen LogP contribution < -0.4 is 10.5 Å². The van der Waals surface area contributed by atoms with Crippen molar-refractivity contribution in [1.82, 2.24) is 9.97 Å². The number of nitrogens with zero attached hydrogens (tertiary/aromatic N) is 2. The van der Waals surface area contributed by atoms with E-state index in [1.54, 1.807) is 12.4 Å². The van der Waals surface area contributed by atoms with Gasteiger partial charge in [-0.15, -0.1) is 0 Å². The van der Waals surface area contributed by atoms with E-state index in [9.17, 15) is 0 Å². The lowest BCUT2D eigenvalue weighted by molar-refractivity contribution is 0.379. The van der Waals surface area contributed by atoms with Gasteiger partial charge in [-0.2, -0.15) is 0 Å². The van der Waals surface area contributed by atoms with E-state index in [0.717, 1.165) is 5.56 Å². The van der Waals surface area contributed by atoms with Gasteiger partial charge >= 0.3 is 6.01 Å². The van der Waals surface area contributed by atoms with Gasteiger partial charge in [-0.1, -0.05) is 12.2 Å². The fraction of sp³-hybridized carbons (Fsp3) is 0.250. The molecule has 0 bridgehead atoms. The van der Waals surface area contributed by atoms with Crippen molar-refractivity contribution in [1.29, 1.82) is 0 Å². The molecule has 1 aromatic rings. The molecule has 1 rings (SSSR count). The summed E-state index contributed by atoms with van der Waals surface area (Å²) in [6, 6.07) is 0.375. The summed E-state index contributed by atoms with van der Waals surface area (Å²) in [6.45, 7) is 0.520. The molecule has 0 spiro atoms. The smallest absolute Gasteiger partial charge is 0.316 e. The summed E-state index contributed by atoms with van der Waals surface area (Å²) < 4.78 is 4.80. The van der Waals surface area contributed by atoms with Crippen molar-refractivity contribution in [3.63, 3.8) is 0 Å². The lowest BCUT2D eigenvalue weighted by Crippen LogP contribution is -1.93. The van der Waals surface area contributed by atoms with Crippen LogP contribution in [0.2, 0.25) is 0 Å². The Bertz CT molecular complexity index is 256. The lowest BCUT2D eigenvalue weighted by Gasteiger charge is -1.95. The van der Waals surface area contributed by atoms with Crippen LogP contribution in [0.5, 0.6) is 6.01 Å². The maximum absolute atomic E-state index is 5.28. The molecular formula is C8H11N3O. The molecule has 0 aliphatic heterocycles. The highest BCUT2D eigenvalue weighted by molar-refractivity contribution is 5.46. The van der Waals surface area contributed by atoms with E-state index < -0.39 is 0 Å². The zero-order valence-corrected chi connectivity index (χ0v) is 6.90. The predicted octanol–water partition coefficient (Wildman–Crippen LogP) is 0.457. The molecule has 0 aliphatic rings. The molecule has 0 unspecified atom stereocenters. The Kier molecular flexibility index (Phi) is 3.22. The van der Waals surface area contributed by atoms with Gasteiger partial charge in [0, 0.05) is 24.5 Å². The molecule has 0 fully saturated rings. The summed E-state index contributed by atoms with van der Waals surface area (Å²) in [7, 11) is 1.53. The number of aromatic nitrogens is 2. The van der Waals surface area contributed by atoms with E-state index >= 15 is 0 Å². The van der Waals surface area contributed by atoms with Crippen LogP contribution in [-0.2, 0) is 0 Å². The van der Waals surface area contributed by atoms with Crippen LogP contribution in [0.1, 0.15) is 5.56 Å². The Hall–Kier alpha value is -1.42. The lowest BCUT2D eigenvalue weighted by atomic mass is 10.3. The van der Waals surface area contributed by atoms with Crippen molar-refractivity contribution >= 4 is 6.08 Å². The van der Waals surface area contributed by atoms with E-state index in [1.165, 1.54) is 7.11 Å². The average molecular weight is 165 g/mol. The predicted molar refractivity (Wildman–Crippen MR) is 46.7 cm³/mol. The van der Waals surface area contributed by atoms with Crippen LogP contribution in [0.3, 0.4) is 0 Å². The first-order valence-electron chi connectivity index (χ1n) is 3.59. The molecule has 0 radical (unpaired) electrons. The quantitative estimate of drug-likeness (QED) is 0.706. The first-order chi connectivity index (χ1) is 5.86. The summed E-state index contributed by atoms with van der Waals surface area (Å²) in [5.41, 5.74) is 6.20. The molecule has 12 heavy (non-hydrogen) atoms. The number of methoxy groups -OCH3 is 1. The van der Waals surface area contributed by atoms with E-state index in [2.05, 4.69) is 9.97 Å². The first kappa shape index (κ1) is 8.67. The van der Waals surface area contributed by atoms with Crippen LogP contribution in [0.4, 0.5) is 0 Å². The molecule has 0 saturated heterocycles. The highest BCUT2D eigenvalue weighted by Crippen LogP contribution is 2.02. The third-order valence-electron chi connectivity index (χ3n) is 1.28. The number of ether oxygens (including phenoxy) is 1. The largest absolute Gasteiger partial charge is 0.467 e. The molecule has 2 N–H and O–H groups in total. The van der Waals surface area contributed by atoms with Crippen molar-refractivity contribution in [2.24, 2.45) is 5.73 Å².